The summed E-state index contributed by atoms with van der Waals surface area (Å²) < 4.78 is 5.73. The van der Waals surface area contributed by atoms with Crippen LogP contribution in [0, 0.1) is 0 Å². The van der Waals surface area contributed by atoms with Gasteiger partial charge in [-0.1, -0.05) is 23.2 Å². The van der Waals surface area contributed by atoms with E-state index in [9.17, 15) is 4.79 Å². The maximum Gasteiger partial charge on any atom is 0.360 e. The highest BCUT2D eigenvalue weighted by Crippen LogP contribution is 2.24. The Morgan fingerprint density at radius 1 is 1.58 bits per heavy atom. The summed E-state index contributed by atoms with van der Waals surface area (Å²) in [6.07, 6.45) is 0. The van der Waals surface area contributed by atoms with E-state index in [1.54, 1.807) is 7.05 Å². The second-order valence-electron chi connectivity index (χ2n) is 2.07. The number of hydrogen-bond donors (Lipinski definition) is 0. The van der Waals surface area contributed by atoms with Gasteiger partial charge >= 0.3 is 5.97 Å². The molecular weight excluding hydrogens is 203 g/mol. The first-order valence-corrected chi connectivity index (χ1v) is 3.79. The molecule has 1 rings (SSSR count). The lowest BCUT2D eigenvalue weighted by molar-refractivity contribution is 0.0593. The number of aryl methyl sites for hydroxylation is 1. The number of ether oxygens (including phenoxy) is 1. The van der Waals surface area contributed by atoms with E-state index in [2.05, 4.69) is 9.84 Å². The molecule has 0 aromatic carbocycles. The van der Waals surface area contributed by atoms with Crippen LogP contribution in [0.4, 0.5) is 0 Å². The summed E-state index contributed by atoms with van der Waals surface area (Å²) in [6, 6.07) is 0. The molecule has 0 radical (unpaired) electrons. The molecule has 4 nitrogen and oxygen atoms in total. The number of esters is 1. The lowest BCUT2D eigenvalue weighted by Crippen LogP contribution is -2.03. The molecule has 0 amide bonds. The van der Waals surface area contributed by atoms with Crippen molar-refractivity contribution in [2.75, 3.05) is 7.11 Å². The zero-order chi connectivity index (χ0) is 9.30. The molecule has 0 aliphatic rings. The van der Waals surface area contributed by atoms with Gasteiger partial charge in [0.05, 0.1) is 7.11 Å². The number of carbonyl (C=O) groups excluding carboxylic acids is 1. The first-order chi connectivity index (χ1) is 5.57. The lowest BCUT2D eigenvalue weighted by atomic mass is 10.4. The van der Waals surface area contributed by atoms with E-state index >= 15 is 0 Å². The Morgan fingerprint density at radius 3 is 2.50 bits per heavy atom. The summed E-state index contributed by atoms with van der Waals surface area (Å²) >= 11 is 11.3. The van der Waals surface area contributed by atoms with Gasteiger partial charge in [0, 0.05) is 7.05 Å². The molecule has 0 bridgehead atoms. The molecule has 0 N–H and O–H groups in total. The Kier molecular flexibility index (Phi) is 2.59. The Labute approximate surface area is 79.0 Å². The van der Waals surface area contributed by atoms with E-state index in [4.69, 9.17) is 23.2 Å². The van der Waals surface area contributed by atoms with Crippen molar-refractivity contribution in [3.8, 4) is 0 Å². The molecule has 0 aliphatic carbocycles. The number of halogens is 2. The Balaban J connectivity index is 3.17. The quantitative estimate of drug-likeness (QED) is 0.658. The Morgan fingerprint density at radius 2 is 2.17 bits per heavy atom. The molecule has 1 heterocycles. The molecule has 6 heteroatoms. The van der Waals surface area contributed by atoms with Crippen molar-refractivity contribution in [2.24, 2.45) is 7.05 Å². The summed E-state index contributed by atoms with van der Waals surface area (Å²) in [7, 11) is 2.84. The molecule has 0 saturated carbocycles. The maximum atomic E-state index is 11.0. The van der Waals surface area contributed by atoms with Crippen LogP contribution in [0.5, 0.6) is 0 Å². The largest absolute Gasteiger partial charge is 0.464 e. The zero-order valence-electron chi connectivity index (χ0n) is 6.47. The van der Waals surface area contributed by atoms with Gasteiger partial charge < -0.3 is 4.74 Å². The highest BCUT2D eigenvalue weighted by atomic mass is 35.5. The Hall–Kier alpha value is -0.740. The van der Waals surface area contributed by atoms with Crippen LogP contribution < -0.4 is 0 Å². The third-order valence-corrected chi connectivity index (χ3v) is 2.19. The van der Waals surface area contributed by atoms with Crippen LogP contribution >= 0.6 is 23.2 Å². The normalized spacial score (nSPS) is 10.0. The fourth-order valence-electron chi connectivity index (χ4n) is 0.705. The smallest absolute Gasteiger partial charge is 0.360 e. The molecule has 0 atom stereocenters. The van der Waals surface area contributed by atoms with Crippen molar-refractivity contribution >= 4 is 29.2 Å². The van der Waals surface area contributed by atoms with E-state index in [0.717, 1.165) is 0 Å². The number of nitrogens with zero attached hydrogens (tertiary/aromatic N) is 2. The number of aromatic nitrogens is 2. The van der Waals surface area contributed by atoms with Crippen LogP contribution in [0.15, 0.2) is 0 Å². The first-order valence-electron chi connectivity index (χ1n) is 3.04. The standard InChI is InChI=1S/C6H6Cl2N2O2/c1-10-5(8)3(7)4(9-10)6(11)12-2/h1-2H3. The molecule has 0 fully saturated rings. The average molecular weight is 209 g/mol. The third-order valence-electron chi connectivity index (χ3n) is 1.30. The molecule has 1 aromatic rings. The minimum absolute atomic E-state index is 0.0340. The van der Waals surface area contributed by atoms with Crippen molar-refractivity contribution < 1.29 is 9.53 Å². The fraction of sp³-hybridized carbons (Fsp3) is 0.333. The Bertz CT molecular complexity index is 322. The van der Waals surface area contributed by atoms with Crippen molar-refractivity contribution in [3.05, 3.63) is 15.9 Å². The van der Waals surface area contributed by atoms with Crippen LogP contribution in [0.1, 0.15) is 10.5 Å². The van der Waals surface area contributed by atoms with Crippen LogP contribution in [-0.4, -0.2) is 22.9 Å². The minimum Gasteiger partial charge on any atom is -0.464 e. The summed E-state index contributed by atoms with van der Waals surface area (Å²) in [4.78, 5) is 11.0. The highest BCUT2D eigenvalue weighted by molar-refractivity contribution is 6.43. The van der Waals surface area contributed by atoms with E-state index in [1.165, 1.54) is 11.8 Å². The number of carbonyl (C=O) groups is 1. The van der Waals surface area contributed by atoms with Gasteiger partial charge in [0.25, 0.3) is 0 Å². The van der Waals surface area contributed by atoms with Gasteiger partial charge in [-0.05, 0) is 0 Å². The molecule has 0 saturated heterocycles. The molecule has 0 spiro atoms. The second kappa shape index (κ2) is 3.33. The van der Waals surface area contributed by atoms with Gasteiger partial charge in [0.15, 0.2) is 5.69 Å². The zero-order valence-corrected chi connectivity index (χ0v) is 7.98. The van der Waals surface area contributed by atoms with E-state index in [-0.39, 0.29) is 15.9 Å². The SMILES string of the molecule is COC(=O)c1nn(C)c(Cl)c1Cl. The van der Waals surface area contributed by atoms with Crippen molar-refractivity contribution in [2.45, 2.75) is 0 Å². The fourth-order valence-corrected chi connectivity index (χ4v) is 1.07. The summed E-state index contributed by atoms with van der Waals surface area (Å²) in [5.41, 5.74) is 0.0340. The molecular formula is C6H6Cl2N2O2. The van der Waals surface area contributed by atoms with Crippen LogP contribution in [-0.2, 0) is 11.8 Å². The summed E-state index contributed by atoms with van der Waals surface area (Å²) in [5, 5.41) is 4.09. The van der Waals surface area contributed by atoms with Crippen LogP contribution in [0.3, 0.4) is 0 Å². The monoisotopic (exact) mass is 208 g/mol. The number of hydrogen-bond acceptors (Lipinski definition) is 3. The van der Waals surface area contributed by atoms with E-state index in [0.29, 0.717) is 0 Å². The van der Waals surface area contributed by atoms with Crippen molar-refractivity contribution in [1.29, 1.82) is 0 Å². The van der Waals surface area contributed by atoms with Crippen LogP contribution in [0.2, 0.25) is 10.2 Å². The predicted molar refractivity (Wildman–Crippen MR) is 44.6 cm³/mol. The van der Waals surface area contributed by atoms with Gasteiger partial charge in [0.2, 0.25) is 0 Å². The van der Waals surface area contributed by atoms with Crippen LogP contribution in [0.25, 0.3) is 0 Å². The molecule has 66 valence electrons. The maximum absolute atomic E-state index is 11.0. The van der Waals surface area contributed by atoms with Gasteiger partial charge in [-0.2, -0.15) is 5.10 Å². The minimum atomic E-state index is -0.595. The van der Waals surface area contributed by atoms with E-state index < -0.39 is 5.97 Å². The molecule has 12 heavy (non-hydrogen) atoms. The molecule has 0 unspecified atom stereocenters. The topological polar surface area (TPSA) is 44.1 Å². The van der Waals surface area contributed by atoms with Gasteiger partial charge in [-0.25, -0.2) is 4.79 Å². The lowest BCUT2D eigenvalue weighted by Gasteiger charge is -1.92. The number of rotatable bonds is 1. The third kappa shape index (κ3) is 1.40. The summed E-state index contributed by atoms with van der Waals surface area (Å²) in [6.45, 7) is 0. The van der Waals surface area contributed by atoms with E-state index in [1.807, 2.05) is 0 Å². The van der Waals surface area contributed by atoms with Gasteiger partial charge in [-0.15, -0.1) is 0 Å². The predicted octanol–water partition coefficient (Wildman–Crippen LogP) is 1.51. The number of methoxy groups -OCH3 is 1. The van der Waals surface area contributed by atoms with Gasteiger partial charge in [-0.3, -0.25) is 4.68 Å². The van der Waals surface area contributed by atoms with Crippen molar-refractivity contribution in [3.63, 3.8) is 0 Å². The van der Waals surface area contributed by atoms with Crippen molar-refractivity contribution in [1.82, 2.24) is 9.78 Å². The molecule has 1 aromatic heterocycles. The van der Waals surface area contributed by atoms with Gasteiger partial charge in [0.1, 0.15) is 10.2 Å². The molecule has 0 aliphatic heterocycles. The summed E-state index contributed by atoms with van der Waals surface area (Å²) in [5.74, 6) is -0.595. The first kappa shape index (κ1) is 9.35. The average Bonchev–Trinajstić information content (AvgIpc) is 2.32. The second-order valence-corrected chi connectivity index (χ2v) is 2.80. The highest BCUT2D eigenvalue weighted by Gasteiger charge is 2.19.